The van der Waals surface area contributed by atoms with Gasteiger partial charge in [0.25, 0.3) is 5.91 Å². The van der Waals surface area contributed by atoms with Gasteiger partial charge in [-0.2, -0.15) is 0 Å². The second-order valence-corrected chi connectivity index (χ2v) is 8.07. The topological polar surface area (TPSA) is 42.0 Å². The van der Waals surface area contributed by atoms with E-state index < -0.39 is 0 Å². The van der Waals surface area contributed by atoms with Crippen LogP contribution in [0.5, 0.6) is 0 Å². The van der Waals surface area contributed by atoms with Gasteiger partial charge in [0.2, 0.25) is 0 Å². The van der Waals surface area contributed by atoms with Crippen molar-refractivity contribution in [1.29, 1.82) is 0 Å². The molecule has 2 aromatic carbocycles. The van der Waals surface area contributed by atoms with Crippen molar-refractivity contribution in [1.82, 2.24) is 4.98 Å². The number of carbonyl (C=O) groups is 1. The Morgan fingerprint density at radius 2 is 1.92 bits per heavy atom. The van der Waals surface area contributed by atoms with E-state index in [4.69, 9.17) is 23.2 Å². The van der Waals surface area contributed by atoms with Gasteiger partial charge in [0.1, 0.15) is 0 Å². The van der Waals surface area contributed by atoms with Crippen LogP contribution in [0.3, 0.4) is 0 Å². The molecule has 128 valence electrons. The van der Waals surface area contributed by atoms with Crippen molar-refractivity contribution in [3.05, 3.63) is 67.4 Å². The second-order valence-electron chi connectivity index (χ2n) is 5.23. The number of amides is 1. The lowest BCUT2D eigenvalue weighted by Gasteiger charge is -2.04. The number of hydrogen-bond acceptors (Lipinski definition) is 3. The fourth-order valence-electron chi connectivity index (χ4n) is 2.32. The molecule has 7 heteroatoms. The third kappa shape index (κ3) is 4.23. The molecule has 3 nitrogen and oxygen atoms in total. The number of thiazole rings is 1. The van der Waals surface area contributed by atoms with Crippen LogP contribution in [0.15, 0.2) is 46.9 Å². The lowest BCUT2D eigenvalue weighted by molar-refractivity contribution is 0.102. The van der Waals surface area contributed by atoms with Crippen LogP contribution < -0.4 is 5.32 Å². The van der Waals surface area contributed by atoms with Gasteiger partial charge in [-0.1, -0.05) is 58.2 Å². The second kappa shape index (κ2) is 7.87. The van der Waals surface area contributed by atoms with Crippen molar-refractivity contribution in [2.45, 2.75) is 13.3 Å². The predicted octanol–water partition coefficient (Wildman–Crippen LogP) is 6.69. The zero-order valence-electron chi connectivity index (χ0n) is 13.1. The minimum atomic E-state index is -0.305. The standard InChI is InChI=1S/C18H13BrCl2N2OS/c1-2-15-16(10-3-5-11(19)6-4-10)22-18(25-15)23-17(24)13-8-7-12(20)9-14(13)21/h3-9H,2H2,1H3,(H,22,23,24). The summed E-state index contributed by atoms with van der Waals surface area (Å²) in [5.74, 6) is -0.305. The Morgan fingerprint density at radius 3 is 2.56 bits per heavy atom. The van der Waals surface area contributed by atoms with Crippen LogP contribution in [0.1, 0.15) is 22.2 Å². The van der Waals surface area contributed by atoms with Gasteiger partial charge in [0.05, 0.1) is 16.3 Å². The molecule has 3 aromatic rings. The van der Waals surface area contributed by atoms with Crippen molar-refractivity contribution >= 4 is 61.5 Å². The van der Waals surface area contributed by atoms with Crippen molar-refractivity contribution < 1.29 is 4.79 Å². The predicted molar refractivity (Wildman–Crippen MR) is 109 cm³/mol. The van der Waals surface area contributed by atoms with Crippen LogP contribution in [0.2, 0.25) is 10.0 Å². The smallest absolute Gasteiger partial charge is 0.258 e. The Morgan fingerprint density at radius 1 is 1.20 bits per heavy atom. The quantitative estimate of drug-likeness (QED) is 0.475. The van der Waals surface area contributed by atoms with E-state index in [1.54, 1.807) is 18.2 Å². The maximum atomic E-state index is 12.5. The zero-order valence-corrected chi connectivity index (χ0v) is 17.1. The summed E-state index contributed by atoms with van der Waals surface area (Å²) < 4.78 is 1.01. The van der Waals surface area contributed by atoms with Gasteiger partial charge < -0.3 is 0 Å². The normalized spacial score (nSPS) is 10.7. The van der Waals surface area contributed by atoms with E-state index in [1.165, 1.54) is 11.3 Å². The van der Waals surface area contributed by atoms with Gasteiger partial charge >= 0.3 is 0 Å². The Bertz CT molecular complexity index is 925. The fourth-order valence-corrected chi connectivity index (χ4v) is 3.99. The third-order valence-corrected chi connectivity index (χ3v) is 5.72. The van der Waals surface area contributed by atoms with Gasteiger partial charge in [0.15, 0.2) is 5.13 Å². The molecule has 0 atom stereocenters. The number of hydrogen-bond donors (Lipinski definition) is 1. The van der Waals surface area contributed by atoms with Gasteiger partial charge in [-0.25, -0.2) is 4.98 Å². The Labute approximate surface area is 168 Å². The summed E-state index contributed by atoms with van der Waals surface area (Å²) in [5.41, 5.74) is 2.27. The number of nitrogens with zero attached hydrogens (tertiary/aromatic N) is 1. The zero-order chi connectivity index (χ0) is 18.0. The first kappa shape index (κ1) is 18.4. The number of rotatable bonds is 4. The van der Waals surface area contributed by atoms with E-state index >= 15 is 0 Å². The van der Waals surface area contributed by atoms with Crippen molar-refractivity contribution in [3.63, 3.8) is 0 Å². The molecular formula is C18H13BrCl2N2OS. The third-order valence-electron chi connectivity index (χ3n) is 3.53. The average Bonchev–Trinajstić information content (AvgIpc) is 2.98. The molecule has 0 unspecified atom stereocenters. The van der Waals surface area contributed by atoms with Crippen molar-refractivity contribution in [2.24, 2.45) is 0 Å². The van der Waals surface area contributed by atoms with E-state index in [0.29, 0.717) is 20.7 Å². The highest BCUT2D eigenvalue weighted by Crippen LogP contribution is 2.33. The molecule has 0 aliphatic rings. The van der Waals surface area contributed by atoms with Gasteiger partial charge in [-0.15, -0.1) is 11.3 Å². The van der Waals surface area contributed by atoms with E-state index in [0.717, 1.165) is 27.0 Å². The Balaban J connectivity index is 1.88. The lowest BCUT2D eigenvalue weighted by atomic mass is 10.1. The molecule has 0 saturated heterocycles. The molecule has 0 radical (unpaired) electrons. The van der Waals surface area contributed by atoms with E-state index in [2.05, 4.69) is 33.2 Å². The maximum Gasteiger partial charge on any atom is 0.258 e. The van der Waals surface area contributed by atoms with E-state index in [9.17, 15) is 4.79 Å². The molecule has 0 fully saturated rings. The van der Waals surface area contributed by atoms with Crippen LogP contribution in [0.25, 0.3) is 11.3 Å². The monoisotopic (exact) mass is 454 g/mol. The van der Waals surface area contributed by atoms with Crippen LogP contribution in [0, 0.1) is 0 Å². The summed E-state index contributed by atoms with van der Waals surface area (Å²) in [6.45, 7) is 2.07. The van der Waals surface area contributed by atoms with Crippen LogP contribution in [-0.2, 0) is 6.42 Å². The van der Waals surface area contributed by atoms with Crippen molar-refractivity contribution in [3.8, 4) is 11.3 Å². The number of benzene rings is 2. The summed E-state index contributed by atoms with van der Waals surface area (Å²) >= 11 is 16.9. The molecular weight excluding hydrogens is 443 g/mol. The molecule has 0 aliphatic carbocycles. The first-order chi connectivity index (χ1) is 12.0. The summed E-state index contributed by atoms with van der Waals surface area (Å²) in [6, 6.07) is 12.7. The maximum absolute atomic E-state index is 12.5. The van der Waals surface area contributed by atoms with Gasteiger partial charge in [-0.3, -0.25) is 10.1 Å². The number of aryl methyl sites for hydroxylation is 1. The number of nitrogens with one attached hydrogen (secondary N) is 1. The van der Waals surface area contributed by atoms with Crippen LogP contribution in [-0.4, -0.2) is 10.9 Å². The average molecular weight is 456 g/mol. The summed E-state index contributed by atoms with van der Waals surface area (Å²) in [7, 11) is 0. The lowest BCUT2D eigenvalue weighted by Crippen LogP contribution is -2.12. The number of carbonyl (C=O) groups excluding carboxylic acids is 1. The molecule has 1 N–H and O–H groups in total. The molecule has 0 aliphatic heterocycles. The molecule has 25 heavy (non-hydrogen) atoms. The summed E-state index contributed by atoms with van der Waals surface area (Å²) in [6.07, 6.45) is 0.834. The minimum Gasteiger partial charge on any atom is -0.298 e. The Kier molecular flexibility index (Phi) is 5.79. The molecule has 0 saturated carbocycles. The summed E-state index contributed by atoms with van der Waals surface area (Å²) in [4.78, 5) is 18.2. The number of halogens is 3. The van der Waals surface area contributed by atoms with Crippen molar-refractivity contribution in [2.75, 3.05) is 5.32 Å². The largest absolute Gasteiger partial charge is 0.298 e. The molecule has 0 spiro atoms. The minimum absolute atomic E-state index is 0.305. The summed E-state index contributed by atoms with van der Waals surface area (Å²) in [5, 5.41) is 4.17. The fraction of sp³-hybridized carbons (Fsp3) is 0.111. The molecule has 1 heterocycles. The van der Waals surface area contributed by atoms with E-state index in [-0.39, 0.29) is 5.91 Å². The molecule has 3 rings (SSSR count). The molecule has 0 bridgehead atoms. The highest BCUT2D eigenvalue weighted by atomic mass is 79.9. The highest BCUT2D eigenvalue weighted by molar-refractivity contribution is 9.10. The first-order valence-electron chi connectivity index (χ1n) is 7.50. The van der Waals surface area contributed by atoms with Crippen LogP contribution in [0.4, 0.5) is 5.13 Å². The molecule has 1 aromatic heterocycles. The number of anilines is 1. The van der Waals surface area contributed by atoms with Gasteiger partial charge in [0, 0.05) is 19.9 Å². The number of aromatic nitrogens is 1. The SMILES string of the molecule is CCc1sc(NC(=O)c2ccc(Cl)cc2Cl)nc1-c1ccc(Br)cc1. The van der Waals surface area contributed by atoms with Crippen LogP contribution >= 0.6 is 50.5 Å². The first-order valence-corrected chi connectivity index (χ1v) is 9.86. The Hall–Kier alpha value is -1.40. The van der Waals surface area contributed by atoms with E-state index in [1.807, 2.05) is 24.3 Å². The highest BCUT2D eigenvalue weighted by Gasteiger charge is 2.16. The van der Waals surface area contributed by atoms with Gasteiger partial charge in [-0.05, 0) is 36.8 Å². The molecule has 1 amide bonds.